The fourth-order valence-electron chi connectivity index (χ4n) is 1.30. The first-order chi connectivity index (χ1) is 6.04. The lowest BCUT2D eigenvalue weighted by molar-refractivity contribution is 1.24. The van der Waals surface area contributed by atoms with Crippen LogP contribution in [0.15, 0.2) is 19.2 Å². The monoisotopic (exact) mass is 177 g/mol. The van der Waals surface area contributed by atoms with Crippen LogP contribution in [0.25, 0.3) is 0 Å². The van der Waals surface area contributed by atoms with E-state index in [1.54, 1.807) is 0 Å². The summed E-state index contributed by atoms with van der Waals surface area (Å²) in [6.07, 6.45) is 0. The highest BCUT2D eigenvalue weighted by molar-refractivity contribution is 5.57. The standard InChI is InChI=1S/C10H15N.C2H4/c1-6-5-7(2)10(11)9(4)8(6)3;1-2/h5H,11H2,1-4H3;1-2H2. The van der Waals surface area contributed by atoms with Gasteiger partial charge in [0, 0.05) is 5.69 Å². The lowest BCUT2D eigenvalue weighted by atomic mass is 9.99. The van der Waals surface area contributed by atoms with E-state index in [0.717, 1.165) is 5.69 Å². The molecule has 0 saturated carbocycles. The molecule has 0 aliphatic carbocycles. The highest BCUT2D eigenvalue weighted by Gasteiger charge is 2.03. The Bertz CT molecular complexity index is 274. The van der Waals surface area contributed by atoms with Gasteiger partial charge in [-0.05, 0) is 49.9 Å². The van der Waals surface area contributed by atoms with Gasteiger partial charge in [-0.3, -0.25) is 0 Å². The van der Waals surface area contributed by atoms with Crippen molar-refractivity contribution >= 4 is 5.69 Å². The lowest BCUT2D eigenvalue weighted by Gasteiger charge is -2.10. The van der Waals surface area contributed by atoms with Gasteiger partial charge >= 0.3 is 0 Å². The number of hydrogen-bond donors (Lipinski definition) is 1. The zero-order valence-corrected chi connectivity index (χ0v) is 9.07. The van der Waals surface area contributed by atoms with Crippen molar-refractivity contribution in [3.8, 4) is 0 Å². The summed E-state index contributed by atoms with van der Waals surface area (Å²) in [6, 6.07) is 2.14. The third-order valence-corrected chi connectivity index (χ3v) is 2.42. The second-order valence-corrected chi connectivity index (χ2v) is 3.17. The number of aryl methyl sites for hydroxylation is 2. The van der Waals surface area contributed by atoms with Gasteiger partial charge in [0.05, 0.1) is 0 Å². The molecule has 0 radical (unpaired) electrons. The first-order valence-corrected chi connectivity index (χ1v) is 4.37. The summed E-state index contributed by atoms with van der Waals surface area (Å²) in [4.78, 5) is 0. The van der Waals surface area contributed by atoms with Crippen LogP contribution < -0.4 is 5.73 Å². The topological polar surface area (TPSA) is 26.0 Å². The van der Waals surface area contributed by atoms with Crippen LogP contribution in [-0.2, 0) is 0 Å². The Hall–Kier alpha value is -1.24. The Labute approximate surface area is 81.3 Å². The minimum absolute atomic E-state index is 0.938. The van der Waals surface area contributed by atoms with E-state index in [9.17, 15) is 0 Å². The number of anilines is 1. The number of nitrogen functional groups attached to an aromatic ring is 1. The van der Waals surface area contributed by atoms with Gasteiger partial charge in [0.1, 0.15) is 0 Å². The van der Waals surface area contributed by atoms with Gasteiger partial charge in [-0.2, -0.15) is 0 Å². The minimum Gasteiger partial charge on any atom is -0.398 e. The normalized spacial score (nSPS) is 8.92. The number of nitrogens with two attached hydrogens (primary N) is 1. The van der Waals surface area contributed by atoms with Crippen molar-refractivity contribution in [2.24, 2.45) is 0 Å². The maximum Gasteiger partial charge on any atom is 0.0376 e. The molecule has 0 saturated heterocycles. The predicted molar refractivity (Wildman–Crippen MR) is 61.1 cm³/mol. The van der Waals surface area contributed by atoms with Crippen LogP contribution in [-0.4, -0.2) is 0 Å². The fourth-order valence-corrected chi connectivity index (χ4v) is 1.30. The lowest BCUT2D eigenvalue weighted by Crippen LogP contribution is -1.97. The second kappa shape index (κ2) is 4.70. The first-order valence-electron chi connectivity index (χ1n) is 4.37. The average molecular weight is 177 g/mol. The average Bonchev–Trinajstić information content (AvgIpc) is 2.15. The van der Waals surface area contributed by atoms with Crippen LogP contribution >= 0.6 is 0 Å². The van der Waals surface area contributed by atoms with Crippen molar-refractivity contribution in [1.29, 1.82) is 0 Å². The Morgan fingerprint density at radius 3 is 1.85 bits per heavy atom. The van der Waals surface area contributed by atoms with Gasteiger partial charge in [0.25, 0.3) is 0 Å². The summed E-state index contributed by atoms with van der Waals surface area (Å²) < 4.78 is 0. The van der Waals surface area contributed by atoms with Crippen molar-refractivity contribution < 1.29 is 0 Å². The van der Waals surface area contributed by atoms with Crippen LogP contribution in [0, 0.1) is 27.7 Å². The van der Waals surface area contributed by atoms with Gasteiger partial charge in [-0.15, -0.1) is 13.2 Å². The van der Waals surface area contributed by atoms with Crippen LogP contribution in [0.3, 0.4) is 0 Å². The molecule has 2 N–H and O–H groups in total. The molecule has 0 bridgehead atoms. The maximum absolute atomic E-state index is 5.85. The van der Waals surface area contributed by atoms with Gasteiger partial charge in [-0.1, -0.05) is 6.07 Å². The second-order valence-electron chi connectivity index (χ2n) is 3.17. The molecule has 0 aromatic heterocycles. The Kier molecular flexibility index (Phi) is 4.26. The third kappa shape index (κ3) is 2.35. The Morgan fingerprint density at radius 2 is 1.38 bits per heavy atom. The van der Waals surface area contributed by atoms with E-state index < -0.39 is 0 Å². The predicted octanol–water partition coefficient (Wildman–Crippen LogP) is 3.30. The minimum atomic E-state index is 0.938. The molecular weight excluding hydrogens is 158 g/mol. The van der Waals surface area contributed by atoms with Crippen LogP contribution in [0.4, 0.5) is 5.69 Å². The molecule has 0 amide bonds. The molecule has 1 nitrogen and oxygen atoms in total. The van der Waals surface area contributed by atoms with E-state index in [-0.39, 0.29) is 0 Å². The van der Waals surface area contributed by atoms with Crippen molar-refractivity contribution in [2.75, 3.05) is 5.73 Å². The molecule has 0 aliphatic heterocycles. The van der Waals surface area contributed by atoms with Gasteiger partial charge in [0.2, 0.25) is 0 Å². The maximum atomic E-state index is 5.85. The van der Waals surface area contributed by atoms with Gasteiger partial charge in [-0.25, -0.2) is 0 Å². The van der Waals surface area contributed by atoms with Crippen molar-refractivity contribution in [2.45, 2.75) is 27.7 Å². The molecule has 1 aromatic rings. The van der Waals surface area contributed by atoms with E-state index in [4.69, 9.17) is 5.73 Å². The summed E-state index contributed by atoms with van der Waals surface area (Å²) in [7, 11) is 0. The smallest absolute Gasteiger partial charge is 0.0376 e. The number of hydrogen-bond acceptors (Lipinski definition) is 1. The van der Waals surface area contributed by atoms with Gasteiger partial charge in [0.15, 0.2) is 0 Å². The fraction of sp³-hybridized carbons (Fsp3) is 0.333. The number of rotatable bonds is 0. The molecule has 72 valence electrons. The zero-order chi connectivity index (χ0) is 10.6. The van der Waals surface area contributed by atoms with E-state index in [1.807, 2.05) is 0 Å². The summed E-state index contributed by atoms with van der Waals surface area (Å²) in [5, 5.41) is 0. The zero-order valence-electron chi connectivity index (χ0n) is 9.07. The quantitative estimate of drug-likeness (QED) is 0.477. The van der Waals surface area contributed by atoms with Crippen molar-refractivity contribution in [3.63, 3.8) is 0 Å². The molecule has 0 fully saturated rings. The molecule has 0 spiro atoms. The van der Waals surface area contributed by atoms with Crippen molar-refractivity contribution in [1.82, 2.24) is 0 Å². The first kappa shape index (κ1) is 11.8. The van der Waals surface area contributed by atoms with Crippen molar-refractivity contribution in [3.05, 3.63) is 41.5 Å². The number of benzene rings is 1. The van der Waals surface area contributed by atoms with E-state index in [1.165, 1.54) is 22.3 Å². The molecule has 1 heteroatoms. The molecule has 13 heavy (non-hydrogen) atoms. The highest BCUT2D eigenvalue weighted by atomic mass is 14.6. The molecule has 0 unspecified atom stereocenters. The molecule has 0 atom stereocenters. The summed E-state index contributed by atoms with van der Waals surface area (Å²) in [5.74, 6) is 0. The molecule has 0 heterocycles. The van der Waals surface area contributed by atoms with E-state index in [0.29, 0.717) is 0 Å². The van der Waals surface area contributed by atoms with Crippen LogP contribution in [0.1, 0.15) is 22.3 Å². The summed E-state index contributed by atoms with van der Waals surface area (Å²) >= 11 is 0. The highest BCUT2D eigenvalue weighted by Crippen LogP contribution is 2.22. The third-order valence-electron chi connectivity index (χ3n) is 2.42. The largest absolute Gasteiger partial charge is 0.398 e. The Morgan fingerprint density at radius 1 is 0.923 bits per heavy atom. The molecular formula is C12H19N. The SMILES string of the molecule is C=C.Cc1cc(C)c(N)c(C)c1C. The molecule has 1 rings (SSSR count). The van der Waals surface area contributed by atoms with Crippen LogP contribution in [0.2, 0.25) is 0 Å². The molecule has 0 aliphatic rings. The van der Waals surface area contributed by atoms with Crippen LogP contribution in [0.5, 0.6) is 0 Å². The summed E-state index contributed by atoms with van der Waals surface area (Å²) in [6.45, 7) is 14.4. The van der Waals surface area contributed by atoms with E-state index >= 15 is 0 Å². The molecule has 1 aromatic carbocycles. The van der Waals surface area contributed by atoms with Gasteiger partial charge < -0.3 is 5.73 Å². The summed E-state index contributed by atoms with van der Waals surface area (Å²) in [5.41, 5.74) is 11.8. The van der Waals surface area contributed by atoms with E-state index in [2.05, 4.69) is 46.9 Å². The Balaban J connectivity index is 0.000000671.